The Morgan fingerprint density at radius 3 is 2.28 bits per heavy atom. The van der Waals surface area contributed by atoms with Gasteiger partial charge in [-0.25, -0.2) is 0 Å². The zero-order valence-electron chi connectivity index (χ0n) is 15.9. The fourth-order valence-electron chi connectivity index (χ4n) is 5.52. The molecule has 0 heterocycles. The zero-order chi connectivity index (χ0) is 17.6. The summed E-state index contributed by atoms with van der Waals surface area (Å²) in [4.78, 5) is 0. The first-order valence-corrected chi connectivity index (χ1v) is 9.47. The van der Waals surface area contributed by atoms with Crippen molar-refractivity contribution < 1.29 is 0 Å². The second-order valence-corrected chi connectivity index (χ2v) is 9.20. The van der Waals surface area contributed by atoms with Gasteiger partial charge in [0.1, 0.15) is 0 Å². The third-order valence-corrected chi connectivity index (χ3v) is 7.02. The van der Waals surface area contributed by atoms with Crippen molar-refractivity contribution in [2.45, 2.75) is 51.4 Å². The molecule has 0 spiro atoms. The second kappa shape index (κ2) is 4.55. The average molecular weight is 326 g/mol. The van der Waals surface area contributed by atoms with E-state index in [1.807, 2.05) is 0 Å². The molecular weight excluding hydrogens is 300 g/mol. The maximum absolute atomic E-state index is 2.54. The largest absolute Gasteiger partial charge is 0.0796 e. The fraction of sp³-hybridized carbons (Fsp3) is 0.360. The quantitative estimate of drug-likeness (QED) is 0.524. The van der Waals surface area contributed by atoms with Gasteiger partial charge in [0.05, 0.1) is 0 Å². The molecule has 0 aromatic heterocycles. The van der Waals surface area contributed by atoms with E-state index in [0.717, 1.165) is 0 Å². The minimum absolute atomic E-state index is 0.0855. The number of benzene rings is 2. The van der Waals surface area contributed by atoms with Crippen molar-refractivity contribution >= 4 is 0 Å². The van der Waals surface area contributed by atoms with Gasteiger partial charge in [0.25, 0.3) is 0 Å². The molecule has 2 atom stereocenters. The van der Waals surface area contributed by atoms with E-state index in [-0.39, 0.29) is 10.8 Å². The Kier molecular flexibility index (Phi) is 2.77. The lowest BCUT2D eigenvalue weighted by atomic mass is 9.74. The van der Waals surface area contributed by atoms with Crippen LogP contribution >= 0.6 is 0 Å². The monoisotopic (exact) mass is 326 g/mol. The summed E-state index contributed by atoms with van der Waals surface area (Å²) in [5.41, 5.74) is 10.6. The molecule has 0 N–H and O–H groups in total. The lowest BCUT2D eigenvalue weighted by Crippen LogP contribution is -2.24. The van der Waals surface area contributed by atoms with Crippen LogP contribution in [-0.2, 0) is 10.8 Å². The topological polar surface area (TPSA) is 0 Å². The van der Waals surface area contributed by atoms with Crippen LogP contribution in [0.15, 0.2) is 54.6 Å². The predicted molar refractivity (Wildman–Crippen MR) is 106 cm³/mol. The van der Waals surface area contributed by atoms with E-state index in [1.165, 1.54) is 27.8 Å². The van der Waals surface area contributed by atoms with Gasteiger partial charge in [0.15, 0.2) is 0 Å². The maximum Gasteiger partial charge on any atom is 0.0159 e. The predicted octanol–water partition coefficient (Wildman–Crippen LogP) is 6.42. The first-order chi connectivity index (χ1) is 11.8. The summed E-state index contributed by atoms with van der Waals surface area (Å²) >= 11 is 0. The highest BCUT2D eigenvalue weighted by Crippen LogP contribution is 2.57. The summed E-state index contributed by atoms with van der Waals surface area (Å²) in [5.74, 6) is 1.11. The Morgan fingerprint density at radius 2 is 1.48 bits per heavy atom. The van der Waals surface area contributed by atoms with Crippen molar-refractivity contribution in [2.24, 2.45) is 5.92 Å². The SMILES string of the molecule is Cc1ccc2c(c1)C(C)(C)c1cc3c(cc1-2)C(C)(C)C1C=CC=CC31. The molecule has 0 amide bonds. The Morgan fingerprint density at radius 1 is 0.760 bits per heavy atom. The van der Waals surface area contributed by atoms with Gasteiger partial charge in [0, 0.05) is 11.3 Å². The molecule has 0 radical (unpaired) electrons. The van der Waals surface area contributed by atoms with Gasteiger partial charge in [-0.1, -0.05) is 81.8 Å². The van der Waals surface area contributed by atoms with Crippen LogP contribution in [0.1, 0.15) is 61.4 Å². The Hall–Kier alpha value is -2.08. The van der Waals surface area contributed by atoms with Crippen molar-refractivity contribution in [3.8, 4) is 11.1 Å². The molecule has 3 aliphatic rings. The van der Waals surface area contributed by atoms with Gasteiger partial charge in [0.2, 0.25) is 0 Å². The molecule has 0 aliphatic heterocycles. The zero-order valence-corrected chi connectivity index (χ0v) is 15.9. The highest BCUT2D eigenvalue weighted by molar-refractivity contribution is 5.82. The molecule has 0 nitrogen and oxygen atoms in total. The van der Waals surface area contributed by atoms with E-state index in [9.17, 15) is 0 Å². The van der Waals surface area contributed by atoms with Gasteiger partial charge in [-0.3, -0.25) is 0 Å². The van der Waals surface area contributed by atoms with Crippen LogP contribution in [0, 0.1) is 12.8 Å². The number of fused-ring (bicyclic) bond motifs is 6. The average Bonchev–Trinajstić information content (AvgIpc) is 2.94. The van der Waals surface area contributed by atoms with Crippen LogP contribution in [0.3, 0.4) is 0 Å². The van der Waals surface area contributed by atoms with Gasteiger partial charge in [-0.05, 0) is 57.7 Å². The number of hydrogen-bond acceptors (Lipinski definition) is 0. The summed E-state index contributed by atoms with van der Waals surface area (Å²) in [7, 11) is 0. The highest BCUT2D eigenvalue weighted by atomic mass is 14.5. The van der Waals surface area contributed by atoms with Crippen molar-refractivity contribution in [3.63, 3.8) is 0 Å². The molecule has 0 fully saturated rings. The first-order valence-electron chi connectivity index (χ1n) is 9.47. The molecule has 2 unspecified atom stereocenters. The van der Waals surface area contributed by atoms with Gasteiger partial charge in [-0.15, -0.1) is 0 Å². The summed E-state index contributed by atoms with van der Waals surface area (Å²) < 4.78 is 0. The van der Waals surface area contributed by atoms with Crippen LogP contribution in [0.5, 0.6) is 0 Å². The molecular formula is C25H26. The molecule has 5 rings (SSSR count). The van der Waals surface area contributed by atoms with E-state index >= 15 is 0 Å². The van der Waals surface area contributed by atoms with Crippen LogP contribution < -0.4 is 0 Å². The molecule has 2 aromatic carbocycles. The van der Waals surface area contributed by atoms with E-state index in [2.05, 4.69) is 89.3 Å². The standard InChI is InChI=1S/C25H26/c1-15-10-11-17-19-14-22-18(13-23(19)25(4,5)21(17)12-15)16-8-6-7-9-20(16)24(22,2)3/h6-14,16,20H,1-5H3. The summed E-state index contributed by atoms with van der Waals surface area (Å²) in [5, 5.41) is 0. The van der Waals surface area contributed by atoms with Gasteiger partial charge < -0.3 is 0 Å². The van der Waals surface area contributed by atoms with Gasteiger partial charge in [-0.2, -0.15) is 0 Å². The molecule has 0 saturated heterocycles. The first kappa shape index (κ1) is 15.2. The fourth-order valence-corrected chi connectivity index (χ4v) is 5.52. The van der Waals surface area contributed by atoms with Crippen LogP contribution in [0.4, 0.5) is 0 Å². The molecule has 0 bridgehead atoms. The Bertz CT molecular complexity index is 966. The van der Waals surface area contributed by atoms with Gasteiger partial charge >= 0.3 is 0 Å². The molecule has 0 saturated carbocycles. The van der Waals surface area contributed by atoms with E-state index in [0.29, 0.717) is 11.8 Å². The minimum Gasteiger partial charge on any atom is -0.0796 e. The Labute approximate surface area is 151 Å². The minimum atomic E-state index is 0.0855. The van der Waals surface area contributed by atoms with Crippen molar-refractivity contribution in [3.05, 3.63) is 82.5 Å². The number of aryl methyl sites for hydroxylation is 1. The number of rotatable bonds is 0. The second-order valence-electron chi connectivity index (χ2n) is 9.20. The third kappa shape index (κ3) is 1.78. The normalized spacial score (nSPS) is 26.1. The van der Waals surface area contributed by atoms with E-state index in [1.54, 1.807) is 11.1 Å². The van der Waals surface area contributed by atoms with Crippen LogP contribution in [-0.4, -0.2) is 0 Å². The van der Waals surface area contributed by atoms with Crippen molar-refractivity contribution in [1.82, 2.24) is 0 Å². The lowest BCUT2D eigenvalue weighted by Gasteiger charge is -2.29. The molecule has 3 aliphatic carbocycles. The van der Waals surface area contributed by atoms with E-state index < -0.39 is 0 Å². The van der Waals surface area contributed by atoms with E-state index in [4.69, 9.17) is 0 Å². The number of allylic oxidation sites excluding steroid dienone is 4. The van der Waals surface area contributed by atoms with Crippen LogP contribution in [0.2, 0.25) is 0 Å². The molecule has 126 valence electrons. The summed E-state index contributed by atoms with van der Waals surface area (Å²) in [6.45, 7) is 11.8. The maximum atomic E-state index is 2.54. The molecule has 25 heavy (non-hydrogen) atoms. The molecule has 0 heteroatoms. The smallest absolute Gasteiger partial charge is 0.0159 e. The van der Waals surface area contributed by atoms with Crippen molar-refractivity contribution in [1.29, 1.82) is 0 Å². The summed E-state index contributed by atoms with van der Waals surface area (Å²) in [6, 6.07) is 12.0. The Balaban J connectivity index is 1.81. The summed E-state index contributed by atoms with van der Waals surface area (Å²) in [6.07, 6.45) is 9.27. The number of hydrogen-bond donors (Lipinski definition) is 0. The van der Waals surface area contributed by atoms with Crippen molar-refractivity contribution in [2.75, 3.05) is 0 Å². The highest BCUT2D eigenvalue weighted by Gasteiger charge is 2.47. The lowest BCUT2D eigenvalue weighted by molar-refractivity contribution is 0.394. The third-order valence-electron chi connectivity index (χ3n) is 7.02. The van der Waals surface area contributed by atoms with Crippen LogP contribution in [0.25, 0.3) is 11.1 Å². The molecule has 2 aromatic rings.